The van der Waals surface area contributed by atoms with Gasteiger partial charge in [0.05, 0.1) is 4.90 Å². The van der Waals surface area contributed by atoms with E-state index in [2.05, 4.69) is 5.32 Å². The van der Waals surface area contributed by atoms with Gasteiger partial charge in [0.25, 0.3) is 0 Å². The summed E-state index contributed by atoms with van der Waals surface area (Å²) in [7, 11) is -3.10. The zero-order valence-electron chi connectivity index (χ0n) is 11.8. The molecule has 0 radical (unpaired) electrons. The Bertz CT molecular complexity index is 523. The first-order valence-corrected chi connectivity index (χ1v) is 8.57. The summed E-state index contributed by atoms with van der Waals surface area (Å²) in [5.74, 6) is 0. The van der Waals surface area contributed by atoms with Crippen molar-refractivity contribution in [2.24, 2.45) is 5.73 Å². The molecule has 3 N–H and O–H groups in total. The molecule has 0 bridgehead atoms. The van der Waals surface area contributed by atoms with Crippen molar-refractivity contribution in [2.75, 3.05) is 19.3 Å². The average molecular weight is 319 g/mol. The molecule has 20 heavy (non-hydrogen) atoms. The van der Waals surface area contributed by atoms with E-state index in [1.165, 1.54) is 6.26 Å². The quantitative estimate of drug-likeness (QED) is 0.883. The molecule has 6 heteroatoms. The molecule has 1 aromatic rings. The van der Waals surface area contributed by atoms with Crippen LogP contribution in [0.5, 0.6) is 0 Å². The number of sulfone groups is 1. The molecule has 0 unspecified atom stereocenters. The van der Waals surface area contributed by atoms with Crippen molar-refractivity contribution in [3.05, 3.63) is 29.8 Å². The van der Waals surface area contributed by atoms with E-state index in [1.807, 2.05) is 12.1 Å². The highest BCUT2D eigenvalue weighted by Crippen LogP contribution is 2.22. The summed E-state index contributed by atoms with van der Waals surface area (Å²) in [6.45, 7) is 1.98. The lowest BCUT2D eigenvalue weighted by atomic mass is 9.84. The number of aryl methyl sites for hydroxylation is 1. The van der Waals surface area contributed by atoms with Crippen LogP contribution in [0.3, 0.4) is 0 Å². The van der Waals surface area contributed by atoms with E-state index in [9.17, 15) is 8.42 Å². The second kappa shape index (κ2) is 6.89. The third-order valence-corrected chi connectivity index (χ3v) is 4.99. The molecule has 4 nitrogen and oxygen atoms in total. The van der Waals surface area contributed by atoms with Crippen LogP contribution in [0.25, 0.3) is 0 Å². The number of benzene rings is 1. The minimum Gasteiger partial charge on any atom is -0.325 e. The summed E-state index contributed by atoms with van der Waals surface area (Å²) in [6, 6.07) is 7.13. The summed E-state index contributed by atoms with van der Waals surface area (Å²) in [5, 5.41) is 3.32. The summed E-state index contributed by atoms with van der Waals surface area (Å²) in [5.41, 5.74) is 7.45. The van der Waals surface area contributed by atoms with E-state index in [1.54, 1.807) is 12.1 Å². The van der Waals surface area contributed by atoms with Gasteiger partial charge in [0, 0.05) is 11.8 Å². The molecule has 1 aliphatic heterocycles. The van der Waals surface area contributed by atoms with Gasteiger partial charge in [-0.05, 0) is 56.5 Å². The van der Waals surface area contributed by atoms with Crippen LogP contribution in [0.4, 0.5) is 0 Å². The Balaban J connectivity index is 0.00000200. The maximum absolute atomic E-state index is 11.4. The van der Waals surface area contributed by atoms with Crippen molar-refractivity contribution >= 4 is 22.2 Å². The lowest BCUT2D eigenvalue weighted by molar-refractivity contribution is 0.291. The van der Waals surface area contributed by atoms with Gasteiger partial charge >= 0.3 is 0 Å². The third-order valence-electron chi connectivity index (χ3n) is 3.86. The van der Waals surface area contributed by atoms with Gasteiger partial charge in [0.2, 0.25) is 0 Å². The van der Waals surface area contributed by atoms with Crippen LogP contribution in [-0.2, 0) is 16.3 Å². The van der Waals surface area contributed by atoms with E-state index < -0.39 is 9.84 Å². The van der Waals surface area contributed by atoms with Crippen LogP contribution in [0.2, 0.25) is 0 Å². The molecule has 0 aliphatic carbocycles. The topological polar surface area (TPSA) is 72.2 Å². The minimum atomic E-state index is -3.10. The largest absolute Gasteiger partial charge is 0.325 e. The molecule has 0 aromatic heterocycles. The highest BCUT2D eigenvalue weighted by Gasteiger charge is 2.26. The molecule has 0 spiro atoms. The molecule has 0 atom stereocenters. The second-order valence-electron chi connectivity index (χ2n) is 5.53. The number of piperidine rings is 1. The van der Waals surface area contributed by atoms with Gasteiger partial charge in [-0.1, -0.05) is 12.1 Å². The summed E-state index contributed by atoms with van der Waals surface area (Å²) in [4.78, 5) is 0.376. The van der Waals surface area contributed by atoms with Crippen molar-refractivity contribution in [1.82, 2.24) is 5.32 Å². The lowest BCUT2D eigenvalue weighted by Gasteiger charge is -2.34. The molecule has 114 valence electrons. The molecule has 0 amide bonds. The van der Waals surface area contributed by atoms with Crippen molar-refractivity contribution < 1.29 is 8.42 Å². The first kappa shape index (κ1) is 17.4. The predicted molar refractivity (Wildman–Crippen MR) is 84.1 cm³/mol. The van der Waals surface area contributed by atoms with E-state index >= 15 is 0 Å². The third kappa shape index (κ3) is 4.74. The normalized spacial score (nSPS) is 18.3. The van der Waals surface area contributed by atoms with Crippen molar-refractivity contribution in [3.63, 3.8) is 0 Å². The molecule has 1 heterocycles. The van der Waals surface area contributed by atoms with Crippen LogP contribution >= 0.6 is 12.4 Å². The monoisotopic (exact) mass is 318 g/mol. The highest BCUT2D eigenvalue weighted by atomic mass is 35.5. The van der Waals surface area contributed by atoms with Gasteiger partial charge < -0.3 is 11.1 Å². The fourth-order valence-corrected chi connectivity index (χ4v) is 3.10. The first-order valence-electron chi connectivity index (χ1n) is 6.68. The molecule has 2 rings (SSSR count). The summed E-state index contributed by atoms with van der Waals surface area (Å²) in [6.07, 6.45) is 5.10. The maximum Gasteiger partial charge on any atom is 0.175 e. The van der Waals surface area contributed by atoms with Gasteiger partial charge in [0.15, 0.2) is 9.84 Å². The SMILES string of the molecule is CS(=O)(=O)c1ccc(CCC2(N)CCNCC2)cc1.Cl. The number of hydrogen-bond donors (Lipinski definition) is 2. The molecular weight excluding hydrogens is 296 g/mol. The highest BCUT2D eigenvalue weighted by molar-refractivity contribution is 7.90. The Morgan fingerprint density at radius 1 is 1.20 bits per heavy atom. The minimum absolute atomic E-state index is 0. The fourth-order valence-electron chi connectivity index (χ4n) is 2.47. The van der Waals surface area contributed by atoms with Gasteiger partial charge in [-0.15, -0.1) is 12.4 Å². The Labute approximate surface area is 127 Å². The van der Waals surface area contributed by atoms with Crippen LogP contribution in [0.1, 0.15) is 24.8 Å². The smallest absolute Gasteiger partial charge is 0.175 e. The van der Waals surface area contributed by atoms with Crippen LogP contribution in [-0.4, -0.2) is 33.3 Å². The zero-order valence-corrected chi connectivity index (χ0v) is 13.4. The van der Waals surface area contributed by atoms with Gasteiger partial charge in [0.1, 0.15) is 0 Å². The fraction of sp³-hybridized carbons (Fsp3) is 0.571. The maximum atomic E-state index is 11.4. The van der Waals surface area contributed by atoms with Crippen LogP contribution in [0.15, 0.2) is 29.2 Å². The molecular formula is C14H23ClN2O2S. The standard InChI is InChI=1S/C14H22N2O2S.ClH/c1-19(17,18)13-4-2-12(3-5-13)6-7-14(15)8-10-16-11-9-14;/h2-5,16H,6-11,15H2,1H3;1H. The van der Waals surface area contributed by atoms with E-state index in [-0.39, 0.29) is 17.9 Å². The Kier molecular flexibility index (Phi) is 6.01. The second-order valence-corrected chi connectivity index (χ2v) is 7.54. The Morgan fingerprint density at radius 2 is 1.75 bits per heavy atom. The van der Waals surface area contributed by atoms with Crippen molar-refractivity contribution in [3.8, 4) is 0 Å². The molecule has 1 fully saturated rings. The Hall–Kier alpha value is -0.620. The average Bonchev–Trinajstić information content (AvgIpc) is 2.37. The van der Waals surface area contributed by atoms with E-state index in [0.29, 0.717) is 4.90 Å². The van der Waals surface area contributed by atoms with Gasteiger partial charge in [-0.2, -0.15) is 0 Å². The van der Waals surface area contributed by atoms with Gasteiger partial charge in [-0.25, -0.2) is 8.42 Å². The molecule has 1 saturated heterocycles. The Morgan fingerprint density at radius 3 is 2.25 bits per heavy atom. The molecule has 1 aliphatic rings. The van der Waals surface area contributed by atoms with E-state index in [4.69, 9.17) is 5.73 Å². The number of rotatable bonds is 4. The number of halogens is 1. The summed E-state index contributed by atoms with van der Waals surface area (Å²) < 4.78 is 22.7. The molecule has 0 saturated carbocycles. The van der Waals surface area contributed by atoms with E-state index in [0.717, 1.165) is 44.3 Å². The predicted octanol–water partition coefficient (Wildman–Crippen LogP) is 1.53. The van der Waals surface area contributed by atoms with Crippen molar-refractivity contribution in [1.29, 1.82) is 0 Å². The number of hydrogen-bond acceptors (Lipinski definition) is 4. The zero-order chi connectivity index (χ0) is 13.9. The molecule has 1 aromatic carbocycles. The first-order chi connectivity index (χ1) is 8.89. The van der Waals surface area contributed by atoms with Crippen LogP contribution < -0.4 is 11.1 Å². The lowest BCUT2D eigenvalue weighted by Crippen LogP contribution is -2.49. The summed E-state index contributed by atoms with van der Waals surface area (Å²) >= 11 is 0. The number of nitrogens with one attached hydrogen (secondary N) is 1. The van der Waals surface area contributed by atoms with Gasteiger partial charge in [-0.3, -0.25) is 0 Å². The number of nitrogens with two attached hydrogens (primary N) is 1. The van der Waals surface area contributed by atoms with Crippen LogP contribution in [0, 0.1) is 0 Å². The van der Waals surface area contributed by atoms with Crippen molar-refractivity contribution in [2.45, 2.75) is 36.1 Å².